The van der Waals surface area contributed by atoms with E-state index in [2.05, 4.69) is 15.9 Å². The number of ether oxygens (including phenoxy) is 1. The maximum atomic E-state index is 12.8. The van der Waals surface area contributed by atoms with Crippen LogP contribution >= 0.6 is 15.9 Å². The molecule has 0 aromatic heterocycles. The number of hydrogen-bond donors (Lipinski definition) is 0. The zero-order valence-electron chi connectivity index (χ0n) is 12.0. The Hall–Kier alpha value is -0.920. The summed E-state index contributed by atoms with van der Waals surface area (Å²) in [6, 6.07) is 4.34. The van der Waals surface area contributed by atoms with Crippen LogP contribution in [0.2, 0.25) is 0 Å². The van der Waals surface area contributed by atoms with Crippen LogP contribution in [-0.4, -0.2) is 37.9 Å². The Morgan fingerprint density at radius 1 is 1.48 bits per heavy atom. The molecule has 0 aliphatic carbocycles. The van der Waals surface area contributed by atoms with Crippen LogP contribution in [0.3, 0.4) is 0 Å². The molecule has 1 aromatic carbocycles. The quantitative estimate of drug-likeness (QED) is 0.758. The monoisotopic (exact) mass is 375 g/mol. The Balaban J connectivity index is 2.36. The number of carbonyl (C=O) groups excluding carboxylic acids is 1. The van der Waals surface area contributed by atoms with Gasteiger partial charge in [0, 0.05) is 11.0 Å². The first kappa shape index (κ1) is 16.5. The Labute approximate surface area is 133 Å². The fourth-order valence-electron chi connectivity index (χ4n) is 2.44. The number of nitrogens with zero attached hydrogens (tertiary/aromatic N) is 1. The first-order chi connectivity index (χ1) is 9.87. The molecule has 1 atom stereocenters. The molecule has 5 nitrogen and oxygen atoms in total. The molecule has 0 spiro atoms. The van der Waals surface area contributed by atoms with Gasteiger partial charge >= 0.3 is 5.97 Å². The van der Waals surface area contributed by atoms with Gasteiger partial charge in [-0.2, -0.15) is 4.31 Å². The van der Waals surface area contributed by atoms with Crippen molar-refractivity contribution in [2.45, 2.75) is 37.6 Å². The molecule has 1 unspecified atom stereocenters. The molecular formula is C14H18BrNO4S. The molecule has 7 heteroatoms. The van der Waals surface area contributed by atoms with Gasteiger partial charge in [0.2, 0.25) is 10.0 Å². The second-order valence-corrected chi connectivity index (χ2v) is 7.67. The number of aryl methyl sites for hydroxylation is 1. The third-order valence-electron chi connectivity index (χ3n) is 3.44. The van der Waals surface area contributed by atoms with Gasteiger partial charge in [-0.05, 0) is 60.3 Å². The van der Waals surface area contributed by atoms with Crippen LogP contribution in [0.25, 0.3) is 0 Å². The largest absolute Gasteiger partial charge is 0.465 e. The summed E-state index contributed by atoms with van der Waals surface area (Å²) >= 11 is 3.30. The van der Waals surface area contributed by atoms with E-state index in [-0.39, 0.29) is 11.5 Å². The number of carbonyl (C=O) groups is 1. The summed E-state index contributed by atoms with van der Waals surface area (Å²) in [5.74, 6) is -0.471. The summed E-state index contributed by atoms with van der Waals surface area (Å²) in [6.07, 6.45) is 1.16. The average Bonchev–Trinajstić information content (AvgIpc) is 2.88. The van der Waals surface area contributed by atoms with Gasteiger partial charge in [0.05, 0.1) is 11.5 Å². The lowest BCUT2D eigenvalue weighted by Crippen LogP contribution is -2.41. The van der Waals surface area contributed by atoms with Gasteiger partial charge in [-0.1, -0.05) is 6.07 Å². The molecule has 1 aliphatic heterocycles. The standard InChI is InChI=1S/C14H18BrNO4S/c1-3-20-14(17)12-5-4-8-16(12)21(18,19)13-7-6-10(2)9-11(13)15/h6-7,9,12H,3-5,8H2,1-2H3. The smallest absolute Gasteiger partial charge is 0.324 e. The van der Waals surface area contributed by atoms with Crippen molar-refractivity contribution in [3.63, 3.8) is 0 Å². The van der Waals surface area contributed by atoms with Gasteiger partial charge in [-0.25, -0.2) is 8.42 Å². The highest BCUT2D eigenvalue weighted by molar-refractivity contribution is 9.10. The normalized spacial score (nSPS) is 19.7. The van der Waals surface area contributed by atoms with E-state index >= 15 is 0 Å². The summed E-state index contributed by atoms with van der Waals surface area (Å²) < 4.78 is 32.3. The van der Waals surface area contributed by atoms with Gasteiger partial charge in [-0.15, -0.1) is 0 Å². The third-order valence-corrected chi connectivity index (χ3v) is 6.32. The molecule has 0 amide bonds. The van der Waals surface area contributed by atoms with E-state index in [4.69, 9.17) is 4.74 Å². The molecule has 0 N–H and O–H groups in total. The van der Waals surface area contributed by atoms with Crippen molar-refractivity contribution in [1.29, 1.82) is 0 Å². The molecule has 0 bridgehead atoms. The lowest BCUT2D eigenvalue weighted by Gasteiger charge is -2.23. The highest BCUT2D eigenvalue weighted by Crippen LogP contribution is 2.31. The summed E-state index contributed by atoms with van der Waals surface area (Å²) in [4.78, 5) is 12.1. The highest BCUT2D eigenvalue weighted by atomic mass is 79.9. The van der Waals surface area contributed by atoms with Gasteiger partial charge in [-0.3, -0.25) is 4.79 Å². The predicted molar refractivity (Wildman–Crippen MR) is 82.4 cm³/mol. The molecule has 116 valence electrons. The lowest BCUT2D eigenvalue weighted by molar-refractivity contribution is -0.146. The van der Waals surface area contributed by atoms with E-state index in [0.29, 0.717) is 23.9 Å². The minimum Gasteiger partial charge on any atom is -0.465 e. The number of halogens is 1. The summed E-state index contributed by atoms with van der Waals surface area (Å²) in [5, 5.41) is 0. The average molecular weight is 376 g/mol. The van der Waals surface area contributed by atoms with E-state index in [9.17, 15) is 13.2 Å². The zero-order valence-corrected chi connectivity index (χ0v) is 14.4. The van der Waals surface area contributed by atoms with Crippen LogP contribution in [-0.2, 0) is 19.6 Å². The summed E-state index contributed by atoms with van der Waals surface area (Å²) in [6.45, 7) is 4.18. The van der Waals surface area contributed by atoms with Crippen molar-refractivity contribution < 1.29 is 17.9 Å². The van der Waals surface area contributed by atoms with Crippen LogP contribution in [0.1, 0.15) is 25.3 Å². The molecule has 0 saturated carbocycles. The lowest BCUT2D eigenvalue weighted by atomic mass is 10.2. The van der Waals surface area contributed by atoms with E-state index < -0.39 is 22.0 Å². The maximum absolute atomic E-state index is 12.8. The highest BCUT2D eigenvalue weighted by Gasteiger charge is 2.40. The van der Waals surface area contributed by atoms with E-state index in [1.54, 1.807) is 25.1 Å². The fraction of sp³-hybridized carbons (Fsp3) is 0.500. The van der Waals surface area contributed by atoms with Crippen molar-refractivity contribution >= 4 is 31.9 Å². The molecule has 1 fully saturated rings. The van der Waals surface area contributed by atoms with Crippen LogP contribution < -0.4 is 0 Å². The molecule has 21 heavy (non-hydrogen) atoms. The Morgan fingerprint density at radius 2 is 2.19 bits per heavy atom. The maximum Gasteiger partial charge on any atom is 0.324 e. The van der Waals surface area contributed by atoms with Crippen molar-refractivity contribution in [1.82, 2.24) is 4.31 Å². The number of sulfonamides is 1. The first-order valence-corrected chi connectivity index (χ1v) is 9.06. The second-order valence-electron chi connectivity index (χ2n) is 4.96. The SMILES string of the molecule is CCOC(=O)C1CCCN1S(=O)(=O)c1ccc(C)cc1Br. The molecule has 1 heterocycles. The van der Waals surface area contributed by atoms with Gasteiger partial charge < -0.3 is 4.74 Å². The minimum absolute atomic E-state index is 0.185. The van der Waals surface area contributed by atoms with Crippen molar-refractivity contribution in [2.75, 3.05) is 13.2 Å². The Bertz CT molecular complexity index is 644. The van der Waals surface area contributed by atoms with Gasteiger partial charge in [0.1, 0.15) is 6.04 Å². The van der Waals surface area contributed by atoms with Crippen LogP contribution in [0.5, 0.6) is 0 Å². The second kappa shape index (κ2) is 6.46. The molecule has 2 rings (SSSR count). The van der Waals surface area contributed by atoms with Crippen LogP contribution in [0.15, 0.2) is 27.6 Å². The van der Waals surface area contributed by atoms with Gasteiger partial charge in [0.25, 0.3) is 0 Å². The number of benzene rings is 1. The Morgan fingerprint density at radius 3 is 2.81 bits per heavy atom. The van der Waals surface area contributed by atoms with Crippen molar-refractivity contribution in [3.05, 3.63) is 28.2 Å². The summed E-state index contributed by atoms with van der Waals surface area (Å²) in [7, 11) is -3.71. The predicted octanol–water partition coefficient (Wildman–Crippen LogP) is 2.47. The number of esters is 1. The van der Waals surface area contributed by atoms with Crippen LogP contribution in [0, 0.1) is 6.92 Å². The zero-order chi connectivity index (χ0) is 15.6. The van der Waals surface area contributed by atoms with Crippen molar-refractivity contribution in [3.8, 4) is 0 Å². The van der Waals surface area contributed by atoms with Crippen LogP contribution in [0.4, 0.5) is 0 Å². The van der Waals surface area contributed by atoms with Gasteiger partial charge in [0.15, 0.2) is 0 Å². The molecule has 1 aromatic rings. The van der Waals surface area contributed by atoms with E-state index in [0.717, 1.165) is 5.56 Å². The van der Waals surface area contributed by atoms with Crippen molar-refractivity contribution in [2.24, 2.45) is 0 Å². The number of hydrogen-bond acceptors (Lipinski definition) is 4. The topological polar surface area (TPSA) is 63.7 Å². The Kier molecular flexibility index (Phi) is 5.06. The fourth-order valence-corrected chi connectivity index (χ4v) is 5.24. The van der Waals surface area contributed by atoms with E-state index in [1.807, 2.05) is 6.92 Å². The summed E-state index contributed by atoms with van der Waals surface area (Å²) in [5.41, 5.74) is 0.962. The molecule has 1 aliphatic rings. The minimum atomic E-state index is -3.71. The third kappa shape index (κ3) is 3.30. The number of rotatable bonds is 4. The first-order valence-electron chi connectivity index (χ1n) is 6.82. The molecular weight excluding hydrogens is 358 g/mol. The molecule has 0 radical (unpaired) electrons. The molecule has 1 saturated heterocycles. The van der Waals surface area contributed by atoms with E-state index in [1.165, 1.54) is 4.31 Å².